The predicted molar refractivity (Wildman–Crippen MR) is 46.3 cm³/mol. The first-order valence-electron chi connectivity index (χ1n) is 3.83. The van der Waals surface area contributed by atoms with Gasteiger partial charge in [0.2, 0.25) is 5.82 Å². The summed E-state index contributed by atoms with van der Waals surface area (Å²) in [4.78, 5) is 7.12. The second-order valence-electron chi connectivity index (χ2n) is 2.79. The van der Waals surface area contributed by atoms with Gasteiger partial charge in [0.25, 0.3) is 9.84 Å². The third-order valence-electron chi connectivity index (χ3n) is 1.73. The molecule has 0 N–H and O–H groups in total. The van der Waals surface area contributed by atoms with Gasteiger partial charge in [0.15, 0.2) is 4.90 Å². The molecular formula is C7H3F4NO4S. The van der Waals surface area contributed by atoms with Crippen LogP contribution in [-0.4, -0.2) is 18.8 Å². The molecule has 1 aromatic carbocycles. The fraction of sp³-hybridized carbons (Fsp3) is 0.143. The van der Waals surface area contributed by atoms with Crippen molar-refractivity contribution in [2.45, 2.75) is 10.4 Å². The van der Waals surface area contributed by atoms with Gasteiger partial charge in [0, 0.05) is 0 Å². The van der Waals surface area contributed by atoms with Crippen LogP contribution >= 0.6 is 0 Å². The van der Waals surface area contributed by atoms with E-state index in [9.17, 15) is 36.1 Å². The second-order valence-corrected chi connectivity index (χ2v) is 4.70. The lowest BCUT2D eigenvalue weighted by molar-refractivity contribution is -0.390. The smallest absolute Gasteiger partial charge is 0.258 e. The van der Waals surface area contributed by atoms with Crippen LogP contribution in [0.5, 0.6) is 0 Å². The average molecular weight is 273 g/mol. The van der Waals surface area contributed by atoms with Crippen molar-refractivity contribution in [3.05, 3.63) is 34.1 Å². The van der Waals surface area contributed by atoms with Gasteiger partial charge in [-0.05, 0) is 12.1 Å². The Hall–Kier alpha value is -1.71. The highest BCUT2D eigenvalue weighted by Crippen LogP contribution is 2.36. The number of benzene rings is 1. The van der Waals surface area contributed by atoms with E-state index in [-0.39, 0.29) is 0 Å². The van der Waals surface area contributed by atoms with E-state index in [1.165, 1.54) is 0 Å². The van der Waals surface area contributed by atoms with Gasteiger partial charge in [0.05, 0.1) is 4.92 Å². The summed E-state index contributed by atoms with van der Waals surface area (Å²) < 4.78 is 71.3. The molecule has 0 bridgehead atoms. The maximum absolute atomic E-state index is 12.9. The molecule has 0 aliphatic rings. The Bertz CT molecular complexity index is 566. The van der Waals surface area contributed by atoms with Crippen LogP contribution in [0.4, 0.5) is 23.2 Å². The van der Waals surface area contributed by atoms with E-state index in [4.69, 9.17) is 0 Å². The summed E-state index contributed by atoms with van der Waals surface area (Å²) in [5, 5.41) is 10.3. The Morgan fingerprint density at radius 3 is 2.18 bits per heavy atom. The van der Waals surface area contributed by atoms with Gasteiger partial charge in [0.1, 0.15) is 0 Å². The lowest BCUT2D eigenvalue weighted by atomic mass is 10.3. The number of alkyl halides is 3. The van der Waals surface area contributed by atoms with Gasteiger partial charge in [-0.25, -0.2) is 8.42 Å². The summed E-state index contributed by atoms with van der Waals surface area (Å²) in [6, 6.07) is 1.46. The van der Waals surface area contributed by atoms with Crippen molar-refractivity contribution in [3.63, 3.8) is 0 Å². The highest BCUT2D eigenvalue weighted by Gasteiger charge is 2.50. The summed E-state index contributed by atoms with van der Waals surface area (Å²) >= 11 is 0. The molecule has 0 atom stereocenters. The topological polar surface area (TPSA) is 77.3 Å². The molecular weight excluding hydrogens is 270 g/mol. The molecule has 17 heavy (non-hydrogen) atoms. The first-order chi connectivity index (χ1) is 7.59. The maximum atomic E-state index is 12.9. The SMILES string of the molecule is O=[N+]([O-])c1c(F)cccc1S(=O)(=O)C(F)(F)F. The molecule has 0 heterocycles. The van der Waals surface area contributed by atoms with E-state index in [0.717, 1.165) is 0 Å². The zero-order valence-electron chi connectivity index (χ0n) is 7.73. The van der Waals surface area contributed by atoms with Gasteiger partial charge in [-0.2, -0.15) is 17.6 Å². The molecule has 0 radical (unpaired) electrons. The Kier molecular flexibility index (Phi) is 3.10. The monoisotopic (exact) mass is 273 g/mol. The Labute approximate surface area is 91.7 Å². The van der Waals surface area contributed by atoms with E-state index in [1.807, 2.05) is 0 Å². The summed E-state index contributed by atoms with van der Waals surface area (Å²) in [5.74, 6) is -1.65. The van der Waals surface area contributed by atoms with E-state index >= 15 is 0 Å². The Balaban J connectivity index is 3.65. The first kappa shape index (κ1) is 13.4. The number of hydrogen-bond donors (Lipinski definition) is 0. The minimum absolute atomic E-state index is 0.323. The summed E-state index contributed by atoms with van der Waals surface area (Å²) in [7, 11) is -5.96. The van der Waals surface area contributed by atoms with Crippen LogP contribution in [-0.2, 0) is 9.84 Å². The average Bonchev–Trinajstić information content (AvgIpc) is 2.14. The predicted octanol–water partition coefficient (Wildman–Crippen LogP) is 2.03. The van der Waals surface area contributed by atoms with Crippen molar-refractivity contribution in [1.82, 2.24) is 0 Å². The van der Waals surface area contributed by atoms with Crippen molar-refractivity contribution in [2.75, 3.05) is 0 Å². The lowest BCUT2D eigenvalue weighted by Crippen LogP contribution is -2.24. The molecule has 1 rings (SSSR count). The molecule has 10 heteroatoms. The van der Waals surface area contributed by atoms with Crippen molar-refractivity contribution >= 4 is 15.5 Å². The zero-order valence-corrected chi connectivity index (χ0v) is 8.55. The molecule has 0 spiro atoms. The minimum Gasteiger partial charge on any atom is -0.258 e. The molecule has 0 saturated carbocycles. The van der Waals surface area contributed by atoms with Crippen LogP contribution in [0.25, 0.3) is 0 Å². The van der Waals surface area contributed by atoms with Crippen molar-refractivity contribution in [2.24, 2.45) is 0 Å². The van der Waals surface area contributed by atoms with Gasteiger partial charge >= 0.3 is 11.2 Å². The van der Waals surface area contributed by atoms with Crippen molar-refractivity contribution in [3.8, 4) is 0 Å². The molecule has 0 amide bonds. The van der Waals surface area contributed by atoms with Gasteiger partial charge in [-0.3, -0.25) is 10.1 Å². The van der Waals surface area contributed by atoms with Crippen molar-refractivity contribution < 1.29 is 30.9 Å². The van der Waals surface area contributed by atoms with Crippen molar-refractivity contribution in [1.29, 1.82) is 0 Å². The number of sulfone groups is 1. The second kappa shape index (κ2) is 3.95. The van der Waals surface area contributed by atoms with Crippen LogP contribution < -0.4 is 0 Å². The van der Waals surface area contributed by atoms with Crippen LogP contribution in [0.15, 0.2) is 23.1 Å². The minimum atomic E-state index is -5.96. The molecule has 94 valence electrons. The van der Waals surface area contributed by atoms with Gasteiger partial charge in [-0.15, -0.1) is 0 Å². The molecule has 5 nitrogen and oxygen atoms in total. The van der Waals surface area contributed by atoms with E-state index in [2.05, 4.69) is 0 Å². The standard InChI is InChI=1S/C7H3F4NO4S/c8-4-2-1-3-5(6(4)12(13)14)17(15,16)7(9,10)11/h1-3H. The fourth-order valence-electron chi connectivity index (χ4n) is 1.01. The van der Waals surface area contributed by atoms with Crippen LogP contribution in [0, 0.1) is 15.9 Å². The number of halogens is 4. The molecule has 0 fully saturated rings. The fourth-order valence-corrected chi connectivity index (χ4v) is 1.95. The number of nitrogens with zero attached hydrogens (tertiary/aromatic N) is 1. The summed E-state index contributed by atoms with van der Waals surface area (Å²) in [6.07, 6.45) is 0. The Morgan fingerprint density at radius 1 is 1.24 bits per heavy atom. The van der Waals surface area contributed by atoms with E-state index in [0.29, 0.717) is 18.2 Å². The highest BCUT2D eigenvalue weighted by molar-refractivity contribution is 7.92. The normalized spacial score (nSPS) is 12.5. The summed E-state index contributed by atoms with van der Waals surface area (Å²) in [5.41, 5.74) is -7.45. The number of hydrogen-bond acceptors (Lipinski definition) is 4. The number of rotatable bonds is 2. The quantitative estimate of drug-likeness (QED) is 0.469. The van der Waals surface area contributed by atoms with E-state index in [1.54, 1.807) is 0 Å². The van der Waals surface area contributed by atoms with Gasteiger partial charge in [-0.1, -0.05) is 6.07 Å². The molecule has 1 aromatic rings. The zero-order chi connectivity index (χ0) is 13.4. The van der Waals surface area contributed by atoms with Crippen LogP contribution in [0.2, 0.25) is 0 Å². The molecule has 0 aliphatic heterocycles. The third kappa shape index (κ3) is 2.20. The number of nitro groups is 1. The van der Waals surface area contributed by atoms with Crippen LogP contribution in [0.3, 0.4) is 0 Å². The molecule has 0 aliphatic carbocycles. The highest BCUT2D eigenvalue weighted by atomic mass is 32.2. The third-order valence-corrected chi connectivity index (χ3v) is 3.24. The molecule has 0 aromatic heterocycles. The molecule has 0 unspecified atom stereocenters. The van der Waals surface area contributed by atoms with Gasteiger partial charge < -0.3 is 0 Å². The lowest BCUT2D eigenvalue weighted by Gasteiger charge is -2.08. The Morgan fingerprint density at radius 2 is 1.76 bits per heavy atom. The number of para-hydroxylation sites is 1. The molecule has 0 saturated heterocycles. The first-order valence-corrected chi connectivity index (χ1v) is 5.31. The van der Waals surface area contributed by atoms with E-state index < -0.39 is 36.7 Å². The maximum Gasteiger partial charge on any atom is 0.502 e. The largest absolute Gasteiger partial charge is 0.502 e. The summed E-state index contributed by atoms with van der Waals surface area (Å²) in [6.45, 7) is 0. The number of nitro benzene ring substituents is 1. The van der Waals surface area contributed by atoms with Crippen LogP contribution in [0.1, 0.15) is 0 Å².